The van der Waals surface area contributed by atoms with Crippen molar-refractivity contribution < 1.29 is 9.90 Å². The first kappa shape index (κ1) is 13.1. The third-order valence-corrected chi connectivity index (χ3v) is 5.08. The van der Waals surface area contributed by atoms with Crippen molar-refractivity contribution in [1.82, 2.24) is 5.32 Å². The van der Waals surface area contributed by atoms with Crippen LogP contribution in [0.15, 0.2) is 15.2 Å². The lowest BCUT2D eigenvalue weighted by molar-refractivity contribution is 0.0831. The second kappa shape index (κ2) is 5.08. The van der Waals surface area contributed by atoms with Crippen molar-refractivity contribution in [3.63, 3.8) is 0 Å². The molecule has 2 unspecified atom stereocenters. The van der Waals surface area contributed by atoms with Crippen molar-refractivity contribution in [3.05, 3.63) is 20.8 Å². The van der Waals surface area contributed by atoms with Crippen molar-refractivity contribution >= 4 is 33.2 Å². The molecule has 94 valence electrons. The van der Waals surface area contributed by atoms with Gasteiger partial charge in [-0.25, -0.2) is 0 Å². The van der Waals surface area contributed by atoms with Crippen LogP contribution in [0.1, 0.15) is 36.5 Å². The largest absolute Gasteiger partial charge is 0.396 e. The normalized spacial score (nSPS) is 28.3. The molecule has 0 aromatic carbocycles. The van der Waals surface area contributed by atoms with Crippen LogP contribution in [0.25, 0.3) is 0 Å². The number of amides is 1. The molecule has 1 aliphatic carbocycles. The zero-order valence-corrected chi connectivity index (χ0v) is 12.1. The molecule has 17 heavy (non-hydrogen) atoms. The zero-order valence-electron chi connectivity index (χ0n) is 9.70. The Morgan fingerprint density at radius 3 is 3.12 bits per heavy atom. The molecule has 1 saturated carbocycles. The van der Waals surface area contributed by atoms with Crippen LogP contribution in [0, 0.1) is 5.41 Å². The van der Waals surface area contributed by atoms with E-state index in [9.17, 15) is 9.90 Å². The standard InChI is InChI=1S/C12H16BrNO2S/c1-12(7-15)4-2-3-9(12)14-11(16)8-5-10(13)17-6-8/h5-6,9,15H,2-4,7H2,1H3,(H,14,16). The van der Waals surface area contributed by atoms with Crippen molar-refractivity contribution in [2.75, 3.05) is 6.61 Å². The van der Waals surface area contributed by atoms with Gasteiger partial charge >= 0.3 is 0 Å². The van der Waals surface area contributed by atoms with Gasteiger partial charge in [0.05, 0.1) is 16.0 Å². The molecule has 1 aromatic rings. The van der Waals surface area contributed by atoms with E-state index in [4.69, 9.17) is 0 Å². The highest BCUT2D eigenvalue weighted by molar-refractivity contribution is 9.11. The number of carbonyl (C=O) groups excluding carboxylic acids is 1. The van der Waals surface area contributed by atoms with Crippen LogP contribution >= 0.6 is 27.3 Å². The number of rotatable bonds is 3. The summed E-state index contributed by atoms with van der Waals surface area (Å²) in [6.45, 7) is 2.17. The van der Waals surface area contributed by atoms with E-state index in [2.05, 4.69) is 21.2 Å². The summed E-state index contributed by atoms with van der Waals surface area (Å²) in [6.07, 6.45) is 2.99. The Bertz CT molecular complexity index is 420. The summed E-state index contributed by atoms with van der Waals surface area (Å²) in [5, 5.41) is 14.3. The number of aliphatic hydroxyl groups is 1. The molecule has 3 nitrogen and oxygen atoms in total. The highest BCUT2D eigenvalue weighted by Crippen LogP contribution is 2.37. The fourth-order valence-electron chi connectivity index (χ4n) is 2.34. The quantitative estimate of drug-likeness (QED) is 0.900. The third kappa shape index (κ3) is 2.72. The number of aliphatic hydroxyl groups excluding tert-OH is 1. The van der Waals surface area contributed by atoms with Gasteiger partial charge in [0.15, 0.2) is 0 Å². The summed E-state index contributed by atoms with van der Waals surface area (Å²) < 4.78 is 0.957. The first-order valence-corrected chi connectivity index (χ1v) is 7.38. The van der Waals surface area contributed by atoms with Gasteiger partial charge in [-0.1, -0.05) is 13.3 Å². The Balaban J connectivity index is 2.04. The Morgan fingerprint density at radius 1 is 1.76 bits per heavy atom. The van der Waals surface area contributed by atoms with E-state index in [1.54, 1.807) is 0 Å². The fourth-order valence-corrected chi connectivity index (χ4v) is 3.48. The molecule has 0 spiro atoms. The van der Waals surface area contributed by atoms with Crippen LogP contribution in [0.5, 0.6) is 0 Å². The molecule has 2 rings (SSSR count). The van der Waals surface area contributed by atoms with E-state index >= 15 is 0 Å². The predicted octanol–water partition coefficient (Wildman–Crippen LogP) is 2.79. The van der Waals surface area contributed by atoms with Crippen LogP contribution in [-0.4, -0.2) is 23.7 Å². The van der Waals surface area contributed by atoms with Crippen LogP contribution in [0.3, 0.4) is 0 Å². The van der Waals surface area contributed by atoms with Crippen molar-refractivity contribution in [2.24, 2.45) is 5.41 Å². The summed E-state index contributed by atoms with van der Waals surface area (Å²) in [5.74, 6) is -0.0430. The lowest BCUT2D eigenvalue weighted by atomic mass is 9.85. The first-order valence-electron chi connectivity index (χ1n) is 5.71. The summed E-state index contributed by atoms with van der Waals surface area (Å²) in [6, 6.07) is 1.91. The molecule has 0 bridgehead atoms. The highest BCUT2D eigenvalue weighted by atomic mass is 79.9. The molecular formula is C12H16BrNO2S. The molecule has 1 heterocycles. The van der Waals surface area contributed by atoms with E-state index in [1.165, 1.54) is 11.3 Å². The second-order valence-corrected chi connectivity index (χ2v) is 7.16. The van der Waals surface area contributed by atoms with E-state index in [0.717, 1.165) is 23.0 Å². The van der Waals surface area contributed by atoms with Gasteiger partial charge in [-0.3, -0.25) is 4.79 Å². The molecule has 2 N–H and O–H groups in total. The minimum atomic E-state index is -0.164. The Labute approximate surface area is 113 Å². The monoisotopic (exact) mass is 317 g/mol. The maximum Gasteiger partial charge on any atom is 0.252 e. The van der Waals surface area contributed by atoms with E-state index in [-0.39, 0.29) is 24.0 Å². The molecule has 2 atom stereocenters. The van der Waals surface area contributed by atoms with Gasteiger partial charge in [0, 0.05) is 16.8 Å². The SMILES string of the molecule is CC1(CO)CCCC1NC(=O)c1csc(Br)c1. The molecule has 1 fully saturated rings. The Hall–Kier alpha value is -0.390. The maximum absolute atomic E-state index is 12.0. The molecule has 0 radical (unpaired) electrons. The van der Waals surface area contributed by atoms with Gasteiger partial charge in [0.1, 0.15) is 0 Å². The second-order valence-electron chi connectivity index (χ2n) is 4.87. The third-order valence-electron chi connectivity index (χ3n) is 3.58. The fraction of sp³-hybridized carbons (Fsp3) is 0.583. The summed E-state index contributed by atoms with van der Waals surface area (Å²) in [4.78, 5) is 12.0. The zero-order chi connectivity index (χ0) is 12.5. The summed E-state index contributed by atoms with van der Waals surface area (Å²) in [7, 11) is 0. The molecule has 1 aromatic heterocycles. The average molecular weight is 318 g/mol. The molecule has 5 heteroatoms. The van der Waals surface area contributed by atoms with E-state index in [1.807, 2.05) is 18.4 Å². The van der Waals surface area contributed by atoms with E-state index in [0.29, 0.717) is 5.56 Å². The van der Waals surface area contributed by atoms with Crippen LogP contribution in [0.2, 0.25) is 0 Å². The van der Waals surface area contributed by atoms with Gasteiger partial charge in [0.2, 0.25) is 0 Å². The van der Waals surface area contributed by atoms with Crippen molar-refractivity contribution in [1.29, 1.82) is 0 Å². The highest BCUT2D eigenvalue weighted by Gasteiger charge is 2.39. The summed E-state index contributed by atoms with van der Waals surface area (Å²) in [5.41, 5.74) is 0.525. The summed E-state index contributed by atoms with van der Waals surface area (Å²) >= 11 is 4.85. The minimum Gasteiger partial charge on any atom is -0.396 e. The number of thiophene rings is 1. The Kier molecular flexibility index (Phi) is 3.90. The molecule has 0 aliphatic heterocycles. The first-order chi connectivity index (χ1) is 8.05. The van der Waals surface area contributed by atoms with Crippen LogP contribution < -0.4 is 5.32 Å². The average Bonchev–Trinajstić information content (AvgIpc) is 2.87. The molecule has 1 aliphatic rings. The molecule has 0 saturated heterocycles. The lowest BCUT2D eigenvalue weighted by Gasteiger charge is -2.29. The molecule has 1 amide bonds. The van der Waals surface area contributed by atoms with Gasteiger partial charge in [-0.2, -0.15) is 0 Å². The lowest BCUT2D eigenvalue weighted by Crippen LogP contribution is -2.44. The van der Waals surface area contributed by atoms with Crippen molar-refractivity contribution in [2.45, 2.75) is 32.2 Å². The van der Waals surface area contributed by atoms with Crippen molar-refractivity contribution in [3.8, 4) is 0 Å². The minimum absolute atomic E-state index is 0.0430. The molecular weight excluding hydrogens is 302 g/mol. The number of nitrogens with one attached hydrogen (secondary N) is 1. The van der Waals surface area contributed by atoms with E-state index < -0.39 is 0 Å². The van der Waals surface area contributed by atoms with Gasteiger partial charge < -0.3 is 10.4 Å². The Morgan fingerprint density at radius 2 is 2.53 bits per heavy atom. The number of hydrogen-bond acceptors (Lipinski definition) is 3. The smallest absolute Gasteiger partial charge is 0.252 e. The number of hydrogen-bond donors (Lipinski definition) is 2. The maximum atomic E-state index is 12.0. The van der Waals surface area contributed by atoms with Crippen LogP contribution in [0.4, 0.5) is 0 Å². The number of carbonyl (C=O) groups is 1. The van der Waals surface area contributed by atoms with Gasteiger partial charge in [0.25, 0.3) is 5.91 Å². The van der Waals surface area contributed by atoms with Gasteiger partial charge in [-0.05, 0) is 34.8 Å². The predicted molar refractivity (Wildman–Crippen MR) is 72.3 cm³/mol. The van der Waals surface area contributed by atoms with Crippen LogP contribution in [-0.2, 0) is 0 Å². The number of halogens is 1. The van der Waals surface area contributed by atoms with Gasteiger partial charge in [-0.15, -0.1) is 11.3 Å². The topological polar surface area (TPSA) is 49.3 Å².